The van der Waals surface area contributed by atoms with Crippen LogP contribution < -0.4 is 83.3 Å². The monoisotopic (exact) mass is 879 g/mol. The zero-order chi connectivity index (χ0) is 42.8. The van der Waals surface area contributed by atoms with Gasteiger partial charge >= 0.3 is 85.4 Å². The molecule has 3 aromatic rings. The molecule has 6 N–H and O–H groups in total. The molecule has 1 unspecified atom stereocenters. The van der Waals surface area contributed by atoms with Crippen molar-refractivity contribution in [1.29, 1.82) is 0 Å². The number of thiazole rings is 1. The Kier molecular flexibility index (Phi) is 14.6. The van der Waals surface area contributed by atoms with Crippen LogP contribution in [0, 0.1) is 0 Å². The molecule has 1 aliphatic rings. The smallest absolute Gasteiger partial charge is 1.00 e. The number of esters is 1. The fourth-order valence-electron chi connectivity index (χ4n) is 4.08. The van der Waals surface area contributed by atoms with Gasteiger partial charge in [-0.2, -0.15) is 13.1 Å². The maximum absolute atomic E-state index is 13.5. The summed E-state index contributed by atoms with van der Waals surface area (Å²) in [4.78, 5) is 113. The van der Waals surface area contributed by atoms with Crippen molar-refractivity contribution in [2.75, 3.05) is 17.3 Å². The number of β-lactam (4-membered cyclic amide) rings is 1. The van der Waals surface area contributed by atoms with E-state index in [-0.39, 0.29) is 67.7 Å². The standard InChI is InChI=1S/C30H37N11O14S2.K.H/c1-28(2,3)53-23(47)30(7,8)55-37-19(16-12-56-24(34-16)35-26(49)54-29(4,5)6)21(45)33-15-11-39(22(15)46)25(48)38-57(51,52)41-27(50)40(13-32-41)36-20(44)14-9-17(42)18(43)10-31-14;;/h9-10,12-13,15,43H,11H2,1-8H3,(H,31,42)(H,33,45)(H,36,44)(H,38,48)(H,34,35,49);;/q;+1;-1. The van der Waals surface area contributed by atoms with E-state index in [2.05, 4.69) is 30.9 Å². The van der Waals surface area contributed by atoms with Crippen molar-refractivity contribution in [3.63, 3.8) is 0 Å². The van der Waals surface area contributed by atoms with Gasteiger partial charge in [-0.05, 0) is 55.4 Å². The van der Waals surface area contributed by atoms with Crippen LogP contribution in [-0.4, -0.2) is 113 Å². The van der Waals surface area contributed by atoms with Crippen molar-refractivity contribution < 1.29 is 109 Å². The Balaban J connectivity index is 0.00000600. The third-order valence-corrected chi connectivity index (χ3v) is 8.65. The molecule has 0 aromatic carbocycles. The summed E-state index contributed by atoms with van der Waals surface area (Å²) in [5.74, 6) is -4.87. The van der Waals surface area contributed by atoms with Crippen molar-refractivity contribution in [2.24, 2.45) is 5.16 Å². The number of oxime groups is 1. The SMILES string of the molecule is CC(C)(C)OC(=O)Nc1nc(C(=NOC(C)(C)C(=O)OC(C)(C)C)C(=O)NC2CN(C(=O)NS(=O)(=O)n3ncn(NC(=O)c4cc(=O)c(O)c[nH]4)c3=O)C2=O)cs1.[H-].[K+]. The first kappa shape index (κ1) is 47.4. The summed E-state index contributed by atoms with van der Waals surface area (Å²) >= 11 is 0.861. The largest absolute Gasteiger partial charge is 1.00 e. The number of ether oxygens (including phenoxy) is 2. The summed E-state index contributed by atoms with van der Waals surface area (Å²) in [5, 5.41) is 22.4. The number of imide groups is 1. The molecule has 28 heteroatoms. The Labute approximate surface area is 375 Å². The van der Waals surface area contributed by atoms with Crippen molar-refractivity contribution in [1.82, 2.24) is 38.8 Å². The van der Waals surface area contributed by atoms with Gasteiger partial charge in [0, 0.05) is 17.6 Å². The molecule has 3 aromatic heterocycles. The Morgan fingerprint density at radius 1 is 1.03 bits per heavy atom. The number of nitrogens with zero attached hydrogens (tertiary/aromatic N) is 6. The van der Waals surface area contributed by atoms with E-state index in [9.17, 15) is 51.9 Å². The van der Waals surface area contributed by atoms with Crippen molar-refractivity contribution in [3.05, 3.63) is 56.1 Å². The number of carbonyl (C=O) groups excluding carboxylic acids is 6. The molecule has 1 aliphatic heterocycles. The number of aromatic amines is 1. The number of hydrogen-bond donors (Lipinski definition) is 6. The van der Waals surface area contributed by atoms with Crippen LogP contribution in [0.15, 0.2) is 38.7 Å². The molecule has 0 saturated carbocycles. The second kappa shape index (κ2) is 17.9. The number of likely N-dealkylation sites (tertiary alicyclic amines) is 1. The molecule has 25 nitrogen and oxygen atoms in total. The number of hydrogen-bond acceptors (Lipinski definition) is 18. The first-order valence-corrected chi connectivity index (χ1v) is 18.5. The number of urea groups is 1. The number of H-pyrrole nitrogens is 1. The van der Waals surface area contributed by atoms with Crippen LogP contribution in [0.25, 0.3) is 0 Å². The molecule has 0 spiro atoms. The summed E-state index contributed by atoms with van der Waals surface area (Å²) in [7, 11) is -5.14. The molecule has 4 heterocycles. The molecule has 4 rings (SSSR count). The molecule has 0 radical (unpaired) electrons. The zero-order valence-corrected chi connectivity index (χ0v) is 37.1. The number of anilines is 1. The quantitative estimate of drug-likeness (QED) is 0.0357. The topological polar surface area (TPSA) is 334 Å². The van der Waals surface area contributed by atoms with Crippen LogP contribution in [0.3, 0.4) is 0 Å². The van der Waals surface area contributed by atoms with E-state index < -0.39 is 104 Å². The molecule has 0 aliphatic carbocycles. The third kappa shape index (κ3) is 12.0. The number of pyridine rings is 1. The normalized spacial score (nSPS) is 14.6. The van der Waals surface area contributed by atoms with Crippen LogP contribution in [0.1, 0.15) is 73.0 Å². The molecule has 310 valence electrons. The number of aromatic nitrogens is 5. The Hall–Kier alpha value is -5.00. The summed E-state index contributed by atoms with van der Waals surface area (Å²) in [6, 6.07) is -2.28. The zero-order valence-electron chi connectivity index (χ0n) is 33.3. The van der Waals surface area contributed by atoms with E-state index in [1.807, 2.05) is 5.43 Å². The van der Waals surface area contributed by atoms with Crippen LogP contribution >= 0.6 is 11.3 Å². The van der Waals surface area contributed by atoms with E-state index >= 15 is 0 Å². The van der Waals surface area contributed by atoms with Crippen molar-refractivity contribution in [2.45, 2.75) is 78.2 Å². The number of carbonyl (C=O) groups is 6. The minimum Gasteiger partial charge on any atom is -1.00 e. The van der Waals surface area contributed by atoms with Gasteiger partial charge in [0.25, 0.3) is 17.7 Å². The van der Waals surface area contributed by atoms with Gasteiger partial charge in [-0.3, -0.25) is 34.8 Å². The van der Waals surface area contributed by atoms with Crippen LogP contribution in [0.4, 0.5) is 14.7 Å². The second-order valence-electron chi connectivity index (χ2n) is 14.3. The first-order valence-electron chi connectivity index (χ1n) is 16.2. The van der Waals surface area contributed by atoms with E-state index in [1.165, 1.54) is 23.9 Å². The van der Waals surface area contributed by atoms with Gasteiger partial charge in [0.15, 0.2) is 16.6 Å². The second-order valence-corrected chi connectivity index (χ2v) is 16.6. The predicted molar refractivity (Wildman–Crippen MR) is 196 cm³/mol. The van der Waals surface area contributed by atoms with E-state index in [1.54, 1.807) is 41.5 Å². The van der Waals surface area contributed by atoms with Gasteiger partial charge in [0.1, 0.15) is 35.0 Å². The fourth-order valence-corrected chi connectivity index (χ4v) is 5.64. The minimum atomic E-state index is -5.14. The minimum absolute atomic E-state index is 0. The maximum atomic E-state index is 13.5. The molecular formula is C30H38KN11O14S2. The van der Waals surface area contributed by atoms with Gasteiger partial charge in [-0.15, -0.1) is 16.4 Å². The average Bonchev–Trinajstić information content (AvgIpc) is 3.68. The summed E-state index contributed by atoms with van der Waals surface area (Å²) in [6.07, 6.45) is 0.500. The molecule has 1 saturated heterocycles. The average molecular weight is 880 g/mol. The summed E-state index contributed by atoms with van der Waals surface area (Å²) in [5.41, 5.74) is -5.20. The number of rotatable bonds is 11. The van der Waals surface area contributed by atoms with E-state index in [4.69, 9.17) is 14.3 Å². The molecule has 58 heavy (non-hydrogen) atoms. The molecule has 6 amide bonds. The molecule has 0 bridgehead atoms. The molecule has 1 fully saturated rings. The third-order valence-electron chi connectivity index (χ3n) is 6.75. The van der Waals surface area contributed by atoms with Crippen molar-refractivity contribution >= 4 is 68.2 Å². The Morgan fingerprint density at radius 3 is 2.26 bits per heavy atom. The molecular weight excluding hydrogens is 842 g/mol. The number of amides is 6. The Morgan fingerprint density at radius 2 is 1.67 bits per heavy atom. The van der Waals surface area contributed by atoms with Gasteiger partial charge in [-0.1, -0.05) is 9.24 Å². The number of nitrogens with one attached hydrogen (secondary N) is 5. The fraction of sp³-hybridized carbons (Fsp3) is 0.433. The number of aromatic hydroxyl groups is 1. The van der Waals surface area contributed by atoms with E-state index in [0.29, 0.717) is 22.0 Å². The van der Waals surface area contributed by atoms with Gasteiger partial charge in [0.05, 0.1) is 6.54 Å². The van der Waals surface area contributed by atoms with Gasteiger partial charge in [0.2, 0.25) is 11.0 Å². The first-order chi connectivity index (χ1) is 26.2. The van der Waals surface area contributed by atoms with Crippen LogP contribution in [-0.2, 0) is 38.9 Å². The van der Waals surface area contributed by atoms with Gasteiger partial charge in [-0.25, -0.2) is 28.9 Å². The maximum Gasteiger partial charge on any atom is 1.00 e. The van der Waals surface area contributed by atoms with E-state index in [0.717, 1.165) is 17.5 Å². The molecule has 1 atom stereocenters. The predicted octanol–water partition coefficient (Wildman–Crippen LogP) is -3.59. The van der Waals surface area contributed by atoms with Gasteiger partial charge < -0.3 is 31.1 Å². The van der Waals surface area contributed by atoms with Crippen molar-refractivity contribution in [3.8, 4) is 5.75 Å². The Bertz CT molecular complexity index is 2400. The summed E-state index contributed by atoms with van der Waals surface area (Å²) in [6.45, 7) is 11.8. The van der Waals surface area contributed by atoms with Crippen LogP contribution in [0.2, 0.25) is 0 Å². The van der Waals surface area contributed by atoms with Crippen LogP contribution in [0.5, 0.6) is 5.75 Å². The summed E-state index contributed by atoms with van der Waals surface area (Å²) < 4.78 is 37.8.